The van der Waals surface area contributed by atoms with E-state index < -0.39 is 0 Å². The third kappa shape index (κ3) is 2.74. The second-order valence-electron chi connectivity index (χ2n) is 3.98. The van der Waals surface area contributed by atoms with E-state index in [1.807, 2.05) is 0 Å². The predicted molar refractivity (Wildman–Crippen MR) is 74.6 cm³/mol. The number of nitrogens with zero attached hydrogens (tertiary/aromatic N) is 1. The summed E-state index contributed by atoms with van der Waals surface area (Å²) in [5.74, 6) is 0. The Kier molecular flexibility index (Phi) is 3.67. The molecule has 0 radical (unpaired) electrons. The number of rotatable bonds is 1. The number of halogens is 1. The zero-order valence-corrected chi connectivity index (χ0v) is 11.0. The van der Waals surface area contributed by atoms with Gasteiger partial charge in [-0.25, -0.2) is 0 Å². The summed E-state index contributed by atoms with van der Waals surface area (Å²) in [6.45, 7) is 5.30. The first kappa shape index (κ1) is 11.0. The van der Waals surface area contributed by atoms with Gasteiger partial charge in [-0.1, -0.05) is 47.4 Å². The Morgan fingerprint density at radius 1 is 1.20 bits per heavy atom. The number of hydrogen-bond donors (Lipinski definition) is 0. The van der Waals surface area contributed by atoms with Crippen molar-refractivity contribution in [2.24, 2.45) is 0 Å². The van der Waals surface area contributed by atoms with Gasteiger partial charge in [-0.15, -0.1) is 0 Å². The molecule has 2 rings (SSSR count). The van der Waals surface area contributed by atoms with Gasteiger partial charge in [0.05, 0.1) is 0 Å². The van der Waals surface area contributed by atoms with E-state index in [0.717, 1.165) is 16.9 Å². The Labute approximate surface area is 105 Å². The molecule has 0 bridgehead atoms. The highest BCUT2D eigenvalue weighted by molar-refractivity contribution is 14.1. The van der Waals surface area contributed by atoms with Crippen LogP contribution in [0.3, 0.4) is 0 Å². The van der Waals surface area contributed by atoms with Gasteiger partial charge in [-0.05, 0) is 31.4 Å². The van der Waals surface area contributed by atoms with E-state index in [0.29, 0.717) is 0 Å². The van der Waals surface area contributed by atoms with Crippen LogP contribution < -0.4 is 4.90 Å². The average Bonchev–Trinajstić information content (AvgIpc) is 2.43. The lowest BCUT2D eigenvalue weighted by atomic mass is 10.2. The molecule has 1 nitrogen and oxygen atoms in total. The van der Waals surface area contributed by atoms with Crippen LogP contribution in [0.5, 0.6) is 0 Å². The van der Waals surface area contributed by atoms with E-state index in [2.05, 4.69) is 64.4 Å². The van der Waals surface area contributed by atoms with Gasteiger partial charge in [-0.3, -0.25) is 0 Å². The average molecular weight is 313 g/mol. The summed E-state index contributed by atoms with van der Waals surface area (Å²) < 4.78 is 0.799. The Hall–Kier alpha value is -0.510. The number of allylic oxidation sites excluding steroid dienone is 1. The van der Waals surface area contributed by atoms with E-state index in [1.165, 1.54) is 24.2 Å². The van der Waals surface area contributed by atoms with Gasteiger partial charge >= 0.3 is 0 Å². The van der Waals surface area contributed by atoms with Gasteiger partial charge in [-0.2, -0.15) is 0 Å². The highest BCUT2D eigenvalue weighted by Gasteiger charge is 2.17. The lowest BCUT2D eigenvalue weighted by Gasteiger charge is -2.24. The zero-order valence-electron chi connectivity index (χ0n) is 8.82. The maximum absolute atomic E-state index is 4.19. The summed E-state index contributed by atoms with van der Waals surface area (Å²) in [5, 5.41) is 0. The van der Waals surface area contributed by atoms with Crippen LogP contribution >= 0.6 is 22.6 Å². The molecule has 0 aliphatic carbocycles. The molecular weight excluding hydrogens is 297 g/mol. The molecule has 1 heterocycles. The Morgan fingerprint density at radius 2 is 1.93 bits per heavy atom. The van der Waals surface area contributed by atoms with E-state index in [9.17, 15) is 0 Å². The van der Waals surface area contributed by atoms with Gasteiger partial charge in [0.1, 0.15) is 0 Å². The van der Waals surface area contributed by atoms with Gasteiger partial charge in [0.2, 0.25) is 0 Å². The predicted octanol–water partition coefficient (Wildman–Crippen LogP) is 3.99. The number of benzene rings is 1. The minimum atomic E-state index is 0.799. The zero-order chi connectivity index (χ0) is 10.7. The fourth-order valence-electron chi connectivity index (χ4n) is 1.95. The van der Waals surface area contributed by atoms with Crippen molar-refractivity contribution in [2.45, 2.75) is 23.2 Å². The van der Waals surface area contributed by atoms with Crippen molar-refractivity contribution in [3.63, 3.8) is 0 Å². The number of para-hydroxylation sites is 1. The first-order chi connectivity index (χ1) is 7.27. The molecule has 1 aliphatic heterocycles. The summed E-state index contributed by atoms with van der Waals surface area (Å²) in [6, 6.07) is 10.6. The van der Waals surface area contributed by atoms with Crippen LogP contribution in [0.2, 0.25) is 0 Å². The minimum Gasteiger partial charge on any atom is -0.346 e. The second kappa shape index (κ2) is 5.01. The molecule has 15 heavy (non-hydrogen) atoms. The molecule has 2 heteroatoms. The molecule has 1 unspecified atom stereocenters. The van der Waals surface area contributed by atoms with E-state index in [-0.39, 0.29) is 0 Å². The topological polar surface area (TPSA) is 3.24 Å². The molecule has 1 saturated heterocycles. The van der Waals surface area contributed by atoms with Crippen LogP contribution in [0.1, 0.15) is 19.3 Å². The number of alkyl halides is 1. The van der Waals surface area contributed by atoms with Gasteiger partial charge < -0.3 is 4.90 Å². The van der Waals surface area contributed by atoms with Crippen LogP contribution in [0, 0.1) is 0 Å². The van der Waals surface area contributed by atoms with Crippen molar-refractivity contribution in [1.29, 1.82) is 0 Å². The van der Waals surface area contributed by atoms with Crippen molar-refractivity contribution in [3.8, 4) is 0 Å². The molecule has 0 aromatic heterocycles. The minimum absolute atomic E-state index is 0.799. The first-order valence-electron chi connectivity index (χ1n) is 5.42. The fraction of sp³-hybridized carbons (Fsp3) is 0.385. The SMILES string of the molecule is C=C1CCC(I)CCN1c1ccccc1. The quantitative estimate of drug-likeness (QED) is 0.560. The van der Waals surface area contributed by atoms with Gasteiger partial charge in [0.25, 0.3) is 0 Å². The van der Waals surface area contributed by atoms with Crippen molar-refractivity contribution in [3.05, 3.63) is 42.6 Å². The third-order valence-electron chi connectivity index (χ3n) is 2.86. The first-order valence-corrected chi connectivity index (χ1v) is 6.66. The highest BCUT2D eigenvalue weighted by Crippen LogP contribution is 2.28. The van der Waals surface area contributed by atoms with Crippen molar-refractivity contribution < 1.29 is 0 Å². The summed E-state index contributed by atoms with van der Waals surface area (Å²) in [5.41, 5.74) is 2.55. The van der Waals surface area contributed by atoms with E-state index in [1.54, 1.807) is 0 Å². The summed E-state index contributed by atoms with van der Waals surface area (Å²) in [6.07, 6.45) is 3.65. The molecule has 1 aromatic rings. The van der Waals surface area contributed by atoms with E-state index >= 15 is 0 Å². The van der Waals surface area contributed by atoms with Crippen LogP contribution in [0.15, 0.2) is 42.6 Å². The molecule has 0 amide bonds. The molecule has 1 aliphatic rings. The molecule has 1 aromatic carbocycles. The maximum atomic E-state index is 4.19. The van der Waals surface area contributed by atoms with Crippen molar-refractivity contribution in [2.75, 3.05) is 11.4 Å². The van der Waals surface area contributed by atoms with Gasteiger partial charge in [0, 0.05) is 21.9 Å². The molecule has 0 N–H and O–H groups in total. The van der Waals surface area contributed by atoms with Crippen LogP contribution in [0.25, 0.3) is 0 Å². The van der Waals surface area contributed by atoms with Gasteiger partial charge in [0.15, 0.2) is 0 Å². The Morgan fingerprint density at radius 3 is 2.67 bits per heavy atom. The summed E-state index contributed by atoms with van der Waals surface area (Å²) in [7, 11) is 0. The molecular formula is C13H16IN. The maximum Gasteiger partial charge on any atom is 0.0408 e. The third-order valence-corrected chi connectivity index (χ3v) is 4.11. The lowest BCUT2D eigenvalue weighted by molar-refractivity contribution is 0.777. The fourth-order valence-corrected chi connectivity index (χ4v) is 2.54. The normalized spacial score (nSPS) is 22.6. The molecule has 0 spiro atoms. The largest absolute Gasteiger partial charge is 0.346 e. The summed E-state index contributed by atoms with van der Waals surface area (Å²) in [4.78, 5) is 2.36. The monoisotopic (exact) mass is 313 g/mol. The van der Waals surface area contributed by atoms with Crippen molar-refractivity contribution >= 4 is 28.3 Å². The number of hydrogen-bond acceptors (Lipinski definition) is 1. The molecule has 1 fully saturated rings. The standard InChI is InChI=1S/C13H16IN/c1-11-7-8-12(14)9-10-15(11)13-5-3-2-4-6-13/h2-6,12H,1,7-10H2. The lowest BCUT2D eigenvalue weighted by Crippen LogP contribution is -2.21. The molecule has 80 valence electrons. The second-order valence-corrected chi connectivity index (χ2v) is 5.74. The summed E-state index contributed by atoms with van der Waals surface area (Å²) >= 11 is 2.55. The van der Waals surface area contributed by atoms with Crippen LogP contribution in [0.4, 0.5) is 5.69 Å². The smallest absolute Gasteiger partial charge is 0.0408 e. The Balaban J connectivity index is 2.17. The van der Waals surface area contributed by atoms with Crippen molar-refractivity contribution in [1.82, 2.24) is 0 Å². The molecule has 0 saturated carbocycles. The van der Waals surface area contributed by atoms with Crippen LogP contribution in [-0.4, -0.2) is 10.5 Å². The Bertz CT molecular complexity index is 334. The van der Waals surface area contributed by atoms with E-state index in [4.69, 9.17) is 0 Å². The van der Waals surface area contributed by atoms with Crippen LogP contribution in [-0.2, 0) is 0 Å². The molecule has 1 atom stereocenters. The number of anilines is 1. The highest BCUT2D eigenvalue weighted by atomic mass is 127.